The number of benzene rings is 2. The molecule has 2 aromatic carbocycles. The molecule has 1 aromatic heterocycles. The van der Waals surface area contributed by atoms with Crippen LogP contribution >= 0.6 is 11.6 Å². The zero-order valence-corrected chi connectivity index (χ0v) is 16.1. The second kappa shape index (κ2) is 9.19. The molecule has 0 aliphatic carbocycles. The third kappa shape index (κ3) is 5.20. The molecule has 3 aromatic rings. The molecule has 0 spiro atoms. The molecular weight excluding hydrogens is 380 g/mol. The number of likely N-dealkylation sites (N-methyl/N-ethyl adjacent to an activating group) is 1. The zero-order chi connectivity index (χ0) is 19.9. The molecule has 0 unspecified atom stereocenters. The third-order valence-corrected chi connectivity index (χ3v) is 4.32. The van der Waals surface area contributed by atoms with Crippen molar-refractivity contribution in [3.63, 3.8) is 0 Å². The molecule has 28 heavy (non-hydrogen) atoms. The van der Waals surface area contributed by atoms with Gasteiger partial charge in [-0.3, -0.25) is 4.79 Å². The first-order valence-corrected chi connectivity index (χ1v) is 9.06. The molecule has 0 aliphatic heterocycles. The van der Waals surface area contributed by atoms with Gasteiger partial charge in [0, 0.05) is 17.5 Å². The van der Waals surface area contributed by atoms with E-state index < -0.39 is 5.97 Å². The van der Waals surface area contributed by atoms with Crippen LogP contribution in [-0.2, 0) is 9.53 Å². The lowest BCUT2D eigenvalue weighted by Gasteiger charge is -2.17. The highest BCUT2D eigenvalue weighted by atomic mass is 35.5. The van der Waals surface area contributed by atoms with Crippen molar-refractivity contribution < 1.29 is 19.1 Å². The van der Waals surface area contributed by atoms with Gasteiger partial charge in [0.15, 0.2) is 6.61 Å². The molecule has 0 saturated heterocycles. The Labute approximate surface area is 167 Å². The van der Waals surface area contributed by atoms with Crippen molar-refractivity contribution in [3.05, 3.63) is 71.4 Å². The number of carbonyl (C=O) groups is 2. The second-order valence-corrected chi connectivity index (χ2v) is 6.52. The maximum Gasteiger partial charge on any atom is 0.357 e. The Bertz CT molecular complexity index is 976. The molecule has 6 nitrogen and oxygen atoms in total. The number of rotatable bonds is 7. The van der Waals surface area contributed by atoms with E-state index in [1.54, 1.807) is 43.4 Å². The van der Waals surface area contributed by atoms with Crippen LogP contribution in [-0.4, -0.2) is 48.6 Å². The average Bonchev–Trinajstić information content (AvgIpc) is 2.72. The number of ether oxygens (including phenoxy) is 2. The van der Waals surface area contributed by atoms with Crippen LogP contribution in [0.1, 0.15) is 10.5 Å². The van der Waals surface area contributed by atoms with Crippen LogP contribution in [0.25, 0.3) is 10.9 Å². The van der Waals surface area contributed by atoms with Crippen LogP contribution in [0.5, 0.6) is 5.75 Å². The minimum absolute atomic E-state index is 0.167. The lowest BCUT2D eigenvalue weighted by atomic mass is 10.2. The van der Waals surface area contributed by atoms with Crippen LogP contribution in [0.2, 0.25) is 5.02 Å². The lowest BCUT2D eigenvalue weighted by Crippen LogP contribution is -2.34. The van der Waals surface area contributed by atoms with Crippen molar-refractivity contribution >= 4 is 34.4 Å². The summed E-state index contributed by atoms with van der Waals surface area (Å²) in [5.74, 6) is -0.294. The fourth-order valence-corrected chi connectivity index (χ4v) is 2.57. The van der Waals surface area contributed by atoms with E-state index in [4.69, 9.17) is 21.1 Å². The highest BCUT2D eigenvalue weighted by Crippen LogP contribution is 2.15. The van der Waals surface area contributed by atoms with Crippen molar-refractivity contribution in [2.75, 3.05) is 26.8 Å². The number of hydrogen-bond acceptors (Lipinski definition) is 5. The number of aromatic nitrogens is 1. The first-order chi connectivity index (χ1) is 13.5. The zero-order valence-electron chi connectivity index (χ0n) is 15.3. The van der Waals surface area contributed by atoms with Crippen molar-refractivity contribution in [2.45, 2.75) is 0 Å². The van der Waals surface area contributed by atoms with E-state index >= 15 is 0 Å². The smallest absolute Gasteiger partial charge is 0.357 e. The van der Waals surface area contributed by atoms with E-state index in [1.165, 1.54) is 4.90 Å². The lowest BCUT2D eigenvalue weighted by molar-refractivity contribution is -0.133. The molecule has 0 N–H and O–H groups in total. The van der Waals surface area contributed by atoms with Gasteiger partial charge in [-0.2, -0.15) is 0 Å². The summed E-state index contributed by atoms with van der Waals surface area (Å²) in [7, 11) is 1.62. The number of hydrogen-bond donors (Lipinski definition) is 0. The molecule has 0 bridgehead atoms. The molecule has 0 atom stereocenters. The fraction of sp³-hybridized carbons (Fsp3) is 0.190. The number of esters is 1. The monoisotopic (exact) mass is 398 g/mol. The normalized spacial score (nSPS) is 10.5. The molecule has 7 heteroatoms. The van der Waals surface area contributed by atoms with Gasteiger partial charge in [0.1, 0.15) is 18.1 Å². The number of pyridine rings is 1. The molecular formula is C21H19ClN2O4. The summed E-state index contributed by atoms with van der Waals surface area (Å²) < 4.78 is 10.6. The molecule has 0 radical (unpaired) electrons. The summed E-state index contributed by atoms with van der Waals surface area (Å²) in [5, 5.41) is 1.55. The Balaban J connectivity index is 1.45. The van der Waals surface area contributed by atoms with Gasteiger partial charge in [0.05, 0.1) is 12.1 Å². The summed E-state index contributed by atoms with van der Waals surface area (Å²) in [6, 6.07) is 17.8. The minimum atomic E-state index is -0.634. The quantitative estimate of drug-likeness (QED) is 0.569. The number of fused-ring (bicyclic) bond motifs is 1. The van der Waals surface area contributed by atoms with E-state index in [0.29, 0.717) is 29.4 Å². The fourth-order valence-electron chi connectivity index (χ4n) is 2.45. The Morgan fingerprint density at radius 3 is 2.57 bits per heavy atom. The average molecular weight is 399 g/mol. The third-order valence-electron chi connectivity index (χ3n) is 4.07. The molecule has 1 amide bonds. The Morgan fingerprint density at radius 2 is 1.79 bits per heavy atom. The van der Waals surface area contributed by atoms with E-state index in [1.807, 2.05) is 24.3 Å². The molecule has 144 valence electrons. The molecule has 0 fully saturated rings. The number of halogens is 1. The summed E-state index contributed by atoms with van der Waals surface area (Å²) in [6.07, 6.45) is 0. The minimum Gasteiger partial charge on any atom is -0.492 e. The van der Waals surface area contributed by atoms with Crippen LogP contribution in [0.3, 0.4) is 0 Å². The van der Waals surface area contributed by atoms with Gasteiger partial charge >= 0.3 is 5.97 Å². The van der Waals surface area contributed by atoms with Gasteiger partial charge in [-0.1, -0.05) is 35.9 Å². The topological polar surface area (TPSA) is 68.7 Å². The molecule has 3 rings (SSSR count). The van der Waals surface area contributed by atoms with E-state index in [2.05, 4.69) is 4.98 Å². The van der Waals surface area contributed by atoms with Crippen molar-refractivity contribution in [3.8, 4) is 5.75 Å². The summed E-state index contributed by atoms with van der Waals surface area (Å²) in [4.78, 5) is 30.0. The van der Waals surface area contributed by atoms with Crippen LogP contribution in [0.15, 0.2) is 60.7 Å². The molecule has 0 saturated carbocycles. The van der Waals surface area contributed by atoms with Crippen LogP contribution in [0, 0.1) is 0 Å². The Hall–Kier alpha value is -3.12. The van der Waals surface area contributed by atoms with Crippen LogP contribution < -0.4 is 4.74 Å². The Morgan fingerprint density at radius 1 is 1.04 bits per heavy atom. The predicted octanol–water partition coefficient (Wildman–Crippen LogP) is 3.58. The highest BCUT2D eigenvalue weighted by Gasteiger charge is 2.15. The van der Waals surface area contributed by atoms with Crippen LogP contribution in [0.4, 0.5) is 0 Å². The van der Waals surface area contributed by atoms with Crippen molar-refractivity contribution in [2.24, 2.45) is 0 Å². The van der Waals surface area contributed by atoms with Gasteiger partial charge in [-0.05, 0) is 36.4 Å². The second-order valence-electron chi connectivity index (χ2n) is 6.08. The molecule has 1 heterocycles. The SMILES string of the molecule is CN(CCOc1ccc(Cl)cc1)C(=O)COC(=O)c1ccc2ccccc2n1. The highest BCUT2D eigenvalue weighted by molar-refractivity contribution is 6.30. The van der Waals surface area contributed by atoms with E-state index in [0.717, 1.165) is 5.39 Å². The summed E-state index contributed by atoms with van der Waals surface area (Å²) >= 11 is 5.82. The predicted molar refractivity (Wildman–Crippen MR) is 107 cm³/mol. The van der Waals surface area contributed by atoms with Gasteiger partial charge < -0.3 is 14.4 Å². The van der Waals surface area contributed by atoms with Gasteiger partial charge in [0.25, 0.3) is 5.91 Å². The van der Waals surface area contributed by atoms with E-state index in [9.17, 15) is 9.59 Å². The number of amides is 1. The van der Waals surface area contributed by atoms with Gasteiger partial charge in [-0.15, -0.1) is 0 Å². The first-order valence-electron chi connectivity index (χ1n) is 8.68. The maximum absolute atomic E-state index is 12.2. The standard InChI is InChI=1S/C21H19ClN2O4/c1-24(12-13-27-17-9-7-16(22)8-10-17)20(25)14-28-21(26)19-11-6-15-4-2-3-5-18(15)23-19/h2-11H,12-14H2,1H3. The summed E-state index contributed by atoms with van der Waals surface area (Å²) in [5.41, 5.74) is 0.861. The Kier molecular flexibility index (Phi) is 6.45. The van der Waals surface area contributed by atoms with Crippen molar-refractivity contribution in [1.29, 1.82) is 0 Å². The largest absolute Gasteiger partial charge is 0.492 e. The number of nitrogens with zero attached hydrogens (tertiary/aromatic N) is 2. The summed E-state index contributed by atoms with van der Waals surface area (Å²) in [6.45, 7) is 0.308. The number of para-hydroxylation sites is 1. The van der Waals surface area contributed by atoms with Crippen molar-refractivity contribution in [1.82, 2.24) is 9.88 Å². The van der Waals surface area contributed by atoms with E-state index in [-0.39, 0.29) is 18.2 Å². The van der Waals surface area contributed by atoms with Gasteiger partial charge in [-0.25, -0.2) is 9.78 Å². The first kappa shape index (κ1) is 19.6. The molecule has 0 aliphatic rings. The number of carbonyl (C=O) groups excluding carboxylic acids is 2. The van der Waals surface area contributed by atoms with Gasteiger partial charge in [0.2, 0.25) is 0 Å². The maximum atomic E-state index is 12.2.